The van der Waals surface area contributed by atoms with E-state index in [0.29, 0.717) is 5.56 Å². The lowest BCUT2D eigenvalue weighted by atomic mass is 10.1. The van der Waals surface area contributed by atoms with Gasteiger partial charge in [0.2, 0.25) is 0 Å². The Kier molecular flexibility index (Phi) is 2.95. The Labute approximate surface area is 114 Å². The van der Waals surface area contributed by atoms with E-state index in [0.717, 1.165) is 11.0 Å². The molecule has 1 fully saturated rings. The molecular weight excluding hydrogens is 259 g/mol. The highest BCUT2D eigenvalue weighted by molar-refractivity contribution is 6.21. The summed E-state index contributed by atoms with van der Waals surface area (Å²) in [6.45, 7) is 0. The second-order valence-corrected chi connectivity index (χ2v) is 4.45. The van der Waals surface area contributed by atoms with Crippen molar-refractivity contribution in [3.8, 4) is 0 Å². The van der Waals surface area contributed by atoms with Crippen LogP contribution in [0.5, 0.6) is 0 Å². The summed E-state index contributed by atoms with van der Waals surface area (Å²) >= 11 is 0. The summed E-state index contributed by atoms with van der Waals surface area (Å²) in [7, 11) is 0. The minimum atomic E-state index is -0.730. The molecule has 3 amide bonds. The molecule has 1 unspecified atom stereocenters. The van der Waals surface area contributed by atoms with Crippen molar-refractivity contribution in [2.45, 2.75) is 6.04 Å². The van der Waals surface area contributed by atoms with Gasteiger partial charge in [0.1, 0.15) is 11.9 Å². The van der Waals surface area contributed by atoms with E-state index in [-0.39, 0.29) is 5.69 Å². The minimum Gasteiger partial charge on any atom is -0.321 e. The molecule has 2 aromatic rings. The molecule has 1 aliphatic rings. The normalized spacial score (nSPS) is 18.2. The van der Waals surface area contributed by atoms with Crippen molar-refractivity contribution in [2.24, 2.45) is 0 Å². The van der Waals surface area contributed by atoms with Crippen LogP contribution in [0.25, 0.3) is 0 Å². The Morgan fingerprint density at radius 3 is 2.45 bits per heavy atom. The van der Waals surface area contributed by atoms with Gasteiger partial charge < -0.3 is 5.32 Å². The first-order valence-electron chi connectivity index (χ1n) is 6.12. The maximum atomic E-state index is 13.2. The number of hydrogen-bond acceptors (Lipinski definition) is 2. The fourth-order valence-electron chi connectivity index (χ4n) is 2.21. The zero-order valence-electron chi connectivity index (χ0n) is 10.4. The molecule has 1 aliphatic heterocycles. The van der Waals surface area contributed by atoms with E-state index in [9.17, 15) is 14.0 Å². The number of carbonyl (C=O) groups excluding carboxylic acids is 2. The summed E-state index contributed by atoms with van der Waals surface area (Å²) in [6.07, 6.45) is 0. The Hall–Kier alpha value is -2.69. The molecule has 0 aromatic heterocycles. The van der Waals surface area contributed by atoms with E-state index in [1.165, 1.54) is 18.2 Å². The third-order valence-corrected chi connectivity index (χ3v) is 3.14. The molecular formula is C15H11FN2O2. The summed E-state index contributed by atoms with van der Waals surface area (Å²) in [6, 6.07) is 13.1. The van der Waals surface area contributed by atoms with E-state index >= 15 is 0 Å². The number of amides is 3. The van der Waals surface area contributed by atoms with Gasteiger partial charge in [-0.05, 0) is 23.8 Å². The highest BCUT2D eigenvalue weighted by Crippen LogP contribution is 2.27. The molecule has 4 nitrogen and oxygen atoms in total. The molecule has 1 atom stereocenters. The van der Waals surface area contributed by atoms with Gasteiger partial charge in [-0.2, -0.15) is 0 Å². The zero-order chi connectivity index (χ0) is 14.1. The van der Waals surface area contributed by atoms with Crippen LogP contribution in [0, 0.1) is 5.82 Å². The smallest absolute Gasteiger partial charge is 0.321 e. The third-order valence-electron chi connectivity index (χ3n) is 3.14. The molecule has 1 heterocycles. The van der Waals surface area contributed by atoms with Crippen LogP contribution in [-0.2, 0) is 4.79 Å². The Morgan fingerprint density at radius 1 is 1.00 bits per heavy atom. The Morgan fingerprint density at radius 2 is 1.75 bits per heavy atom. The van der Waals surface area contributed by atoms with E-state index < -0.39 is 23.8 Å². The lowest BCUT2D eigenvalue weighted by Gasteiger charge is -2.13. The summed E-state index contributed by atoms with van der Waals surface area (Å²) in [5.41, 5.74) is 0.927. The van der Waals surface area contributed by atoms with Crippen molar-refractivity contribution in [2.75, 3.05) is 4.90 Å². The molecule has 100 valence electrons. The highest BCUT2D eigenvalue weighted by Gasteiger charge is 2.39. The van der Waals surface area contributed by atoms with E-state index in [2.05, 4.69) is 5.32 Å². The summed E-state index contributed by atoms with van der Waals surface area (Å²) in [4.78, 5) is 25.3. The molecule has 1 N–H and O–H groups in total. The second kappa shape index (κ2) is 4.77. The largest absolute Gasteiger partial charge is 0.329 e. The zero-order valence-corrected chi connectivity index (χ0v) is 10.4. The summed E-state index contributed by atoms with van der Waals surface area (Å²) in [5.74, 6) is -0.905. The number of benzene rings is 2. The van der Waals surface area contributed by atoms with Crippen LogP contribution in [0.4, 0.5) is 14.9 Å². The molecule has 20 heavy (non-hydrogen) atoms. The van der Waals surface area contributed by atoms with Crippen molar-refractivity contribution in [1.82, 2.24) is 5.32 Å². The van der Waals surface area contributed by atoms with Crippen molar-refractivity contribution in [3.63, 3.8) is 0 Å². The van der Waals surface area contributed by atoms with Crippen LogP contribution < -0.4 is 10.2 Å². The molecule has 0 bridgehead atoms. The minimum absolute atomic E-state index is 0.228. The van der Waals surface area contributed by atoms with Gasteiger partial charge in [-0.3, -0.25) is 4.79 Å². The van der Waals surface area contributed by atoms with E-state index in [4.69, 9.17) is 0 Å². The summed E-state index contributed by atoms with van der Waals surface area (Å²) < 4.78 is 13.2. The predicted molar refractivity (Wildman–Crippen MR) is 71.6 cm³/mol. The quantitative estimate of drug-likeness (QED) is 0.853. The Bertz CT molecular complexity index is 673. The third kappa shape index (κ3) is 2.03. The Balaban J connectivity index is 1.95. The average molecular weight is 270 g/mol. The van der Waals surface area contributed by atoms with Gasteiger partial charge in [0.05, 0.1) is 5.69 Å². The highest BCUT2D eigenvalue weighted by atomic mass is 19.1. The van der Waals surface area contributed by atoms with Crippen molar-refractivity contribution in [3.05, 3.63) is 66.0 Å². The first-order chi connectivity index (χ1) is 9.66. The van der Waals surface area contributed by atoms with Crippen LogP contribution in [0.3, 0.4) is 0 Å². The van der Waals surface area contributed by atoms with Gasteiger partial charge in [0.15, 0.2) is 0 Å². The fourth-order valence-corrected chi connectivity index (χ4v) is 2.21. The second-order valence-electron chi connectivity index (χ2n) is 4.45. The number of halogens is 1. The number of imide groups is 1. The van der Waals surface area contributed by atoms with Crippen molar-refractivity contribution >= 4 is 17.6 Å². The number of nitrogens with zero attached hydrogens (tertiary/aromatic N) is 1. The van der Waals surface area contributed by atoms with Crippen LogP contribution >= 0.6 is 0 Å². The molecule has 0 radical (unpaired) electrons. The van der Waals surface area contributed by atoms with Crippen molar-refractivity contribution < 1.29 is 14.0 Å². The van der Waals surface area contributed by atoms with Gasteiger partial charge in [0, 0.05) is 0 Å². The number of nitrogens with one attached hydrogen (secondary N) is 1. The molecule has 5 heteroatoms. The topological polar surface area (TPSA) is 49.4 Å². The molecule has 2 aromatic carbocycles. The number of urea groups is 1. The number of hydrogen-bond donors (Lipinski definition) is 1. The van der Waals surface area contributed by atoms with Gasteiger partial charge >= 0.3 is 6.03 Å². The van der Waals surface area contributed by atoms with Crippen LogP contribution in [-0.4, -0.2) is 11.9 Å². The van der Waals surface area contributed by atoms with Gasteiger partial charge in [0.25, 0.3) is 5.91 Å². The van der Waals surface area contributed by atoms with Gasteiger partial charge in [-0.15, -0.1) is 0 Å². The molecule has 1 saturated heterocycles. The lowest BCUT2D eigenvalue weighted by molar-refractivity contribution is -0.118. The SMILES string of the molecule is O=C1NC(c2ccccc2)C(=O)N1c1cccc(F)c1. The van der Waals surface area contributed by atoms with Crippen LogP contribution in [0.15, 0.2) is 54.6 Å². The van der Waals surface area contributed by atoms with Crippen LogP contribution in [0.1, 0.15) is 11.6 Å². The monoisotopic (exact) mass is 270 g/mol. The van der Waals surface area contributed by atoms with Gasteiger partial charge in [-0.25, -0.2) is 14.1 Å². The van der Waals surface area contributed by atoms with Crippen LogP contribution in [0.2, 0.25) is 0 Å². The standard InChI is InChI=1S/C15H11FN2O2/c16-11-7-4-8-12(9-11)18-14(19)13(17-15(18)20)10-5-2-1-3-6-10/h1-9,13H,(H,17,20). The fraction of sp³-hybridized carbons (Fsp3) is 0.0667. The number of anilines is 1. The van der Waals surface area contributed by atoms with Crippen molar-refractivity contribution in [1.29, 1.82) is 0 Å². The molecule has 0 spiro atoms. The number of rotatable bonds is 2. The first-order valence-corrected chi connectivity index (χ1v) is 6.12. The van der Waals surface area contributed by atoms with E-state index in [1.54, 1.807) is 24.3 Å². The molecule has 0 aliphatic carbocycles. The maximum Gasteiger partial charge on any atom is 0.329 e. The van der Waals surface area contributed by atoms with Gasteiger partial charge in [-0.1, -0.05) is 36.4 Å². The average Bonchev–Trinajstić information content (AvgIpc) is 2.75. The summed E-state index contributed by atoms with van der Waals surface area (Å²) in [5, 5.41) is 2.60. The predicted octanol–water partition coefficient (Wildman–Crippen LogP) is 2.62. The lowest BCUT2D eigenvalue weighted by Crippen LogP contribution is -2.30. The number of carbonyl (C=O) groups is 2. The molecule has 0 saturated carbocycles. The molecule has 3 rings (SSSR count). The first kappa shape index (κ1) is 12.3. The van der Waals surface area contributed by atoms with E-state index in [1.807, 2.05) is 6.07 Å². The maximum absolute atomic E-state index is 13.2.